The second-order valence-corrected chi connectivity index (χ2v) is 20.8. The van der Waals surface area contributed by atoms with Crippen molar-refractivity contribution in [2.45, 2.75) is 74.8 Å². The molecule has 7 nitrogen and oxygen atoms in total. The fourth-order valence-electron chi connectivity index (χ4n) is 5.83. The van der Waals surface area contributed by atoms with Crippen LogP contribution in [0.1, 0.15) is 51.2 Å². The summed E-state index contributed by atoms with van der Waals surface area (Å²) < 4.78 is 67.8. The van der Waals surface area contributed by atoms with Gasteiger partial charge in [-0.1, -0.05) is 129 Å². The van der Waals surface area contributed by atoms with E-state index in [2.05, 4.69) is 56.3 Å². The molecular formula is C38H47NO6S2Si. The molecule has 0 aliphatic rings. The van der Waals surface area contributed by atoms with Crippen molar-refractivity contribution < 1.29 is 25.4 Å². The summed E-state index contributed by atoms with van der Waals surface area (Å²) in [6.07, 6.45) is 1.02. The molecular weight excluding hydrogens is 659 g/mol. The SMILES string of the molecule is C=C(CCCOS(=O)(=O)c1ccc(C)cc1)C(CCO[Si](c1ccccc1)(c1ccccc1)C(C)(C)C)NS(=O)(=O)c1ccc(C)cc1. The van der Waals surface area contributed by atoms with Gasteiger partial charge in [0.05, 0.1) is 16.4 Å². The van der Waals surface area contributed by atoms with E-state index in [-0.39, 0.29) is 28.0 Å². The summed E-state index contributed by atoms with van der Waals surface area (Å²) >= 11 is 0. The zero-order chi connectivity index (χ0) is 35.0. The molecule has 256 valence electrons. The van der Waals surface area contributed by atoms with Gasteiger partial charge >= 0.3 is 0 Å². The molecule has 0 aromatic heterocycles. The molecule has 4 rings (SSSR count). The second kappa shape index (κ2) is 15.9. The van der Waals surface area contributed by atoms with Crippen molar-refractivity contribution in [3.05, 3.63) is 132 Å². The molecule has 0 saturated carbocycles. The zero-order valence-electron chi connectivity index (χ0n) is 28.5. The van der Waals surface area contributed by atoms with Crippen LogP contribution < -0.4 is 15.1 Å². The molecule has 0 amide bonds. The summed E-state index contributed by atoms with van der Waals surface area (Å²) in [7, 11) is -10.7. The molecule has 0 spiro atoms. The lowest BCUT2D eigenvalue weighted by Crippen LogP contribution is -2.66. The number of aryl methyl sites for hydroxylation is 2. The predicted octanol–water partition coefficient (Wildman–Crippen LogP) is 6.66. The summed E-state index contributed by atoms with van der Waals surface area (Å²) in [4.78, 5) is 0.252. The molecule has 0 heterocycles. The highest BCUT2D eigenvalue weighted by Crippen LogP contribution is 2.37. The van der Waals surface area contributed by atoms with E-state index in [0.29, 0.717) is 24.8 Å². The predicted molar refractivity (Wildman–Crippen MR) is 196 cm³/mol. The van der Waals surface area contributed by atoms with Gasteiger partial charge in [-0.25, -0.2) is 13.1 Å². The number of hydrogen-bond donors (Lipinski definition) is 1. The third kappa shape index (κ3) is 9.19. The van der Waals surface area contributed by atoms with Crippen LogP contribution in [0, 0.1) is 13.8 Å². The Hall–Kier alpha value is -3.38. The lowest BCUT2D eigenvalue weighted by Gasteiger charge is -2.43. The fourth-order valence-corrected chi connectivity index (χ4v) is 12.6. The van der Waals surface area contributed by atoms with E-state index in [9.17, 15) is 16.8 Å². The number of nitrogens with one attached hydrogen (secondary N) is 1. The first-order valence-corrected chi connectivity index (χ1v) is 20.9. The van der Waals surface area contributed by atoms with E-state index >= 15 is 0 Å². The molecule has 0 saturated heterocycles. The minimum absolute atomic E-state index is 0.0643. The third-order valence-corrected chi connectivity index (χ3v) is 16.3. The van der Waals surface area contributed by atoms with Crippen LogP contribution in [0.4, 0.5) is 0 Å². The molecule has 0 bridgehead atoms. The highest BCUT2D eigenvalue weighted by atomic mass is 32.2. The first-order chi connectivity index (χ1) is 22.7. The summed E-state index contributed by atoms with van der Waals surface area (Å²) in [6, 6.07) is 33.1. The summed E-state index contributed by atoms with van der Waals surface area (Å²) in [6.45, 7) is 14.8. The van der Waals surface area contributed by atoms with Crippen molar-refractivity contribution in [1.29, 1.82) is 0 Å². The maximum Gasteiger partial charge on any atom is 0.296 e. The molecule has 4 aromatic carbocycles. The van der Waals surface area contributed by atoms with E-state index in [1.165, 1.54) is 12.1 Å². The molecule has 0 aliphatic heterocycles. The van der Waals surface area contributed by atoms with Crippen molar-refractivity contribution >= 4 is 38.8 Å². The number of sulfonamides is 1. The molecule has 1 unspecified atom stereocenters. The van der Waals surface area contributed by atoms with Crippen LogP contribution in [0.15, 0.2) is 131 Å². The first-order valence-electron chi connectivity index (χ1n) is 16.1. The van der Waals surface area contributed by atoms with Gasteiger partial charge in [0, 0.05) is 12.6 Å². The molecule has 0 fully saturated rings. The van der Waals surface area contributed by atoms with Crippen LogP contribution in [0.2, 0.25) is 5.04 Å². The second-order valence-electron chi connectivity index (χ2n) is 13.1. The van der Waals surface area contributed by atoms with Crippen LogP contribution in [-0.4, -0.2) is 44.4 Å². The van der Waals surface area contributed by atoms with Crippen molar-refractivity contribution in [1.82, 2.24) is 4.72 Å². The molecule has 0 aliphatic carbocycles. The highest BCUT2D eigenvalue weighted by molar-refractivity contribution is 7.89. The van der Waals surface area contributed by atoms with Gasteiger partial charge in [0.2, 0.25) is 10.0 Å². The Labute approximate surface area is 288 Å². The largest absolute Gasteiger partial charge is 0.407 e. The molecule has 4 aromatic rings. The fraction of sp³-hybridized carbons (Fsp3) is 0.316. The summed E-state index contributed by atoms with van der Waals surface area (Å²) in [5, 5.41) is 2.02. The topological polar surface area (TPSA) is 98.8 Å². The van der Waals surface area contributed by atoms with E-state index in [1.807, 2.05) is 50.2 Å². The smallest absolute Gasteiger partial charge is 0.296 e. The summed E-state index contributed by atoms with van der Waals surface area (Å²) in [5.41, 5.74) is 2.52. The van der Waals surface area contributed by atoms with Crippen LogP contribution in [0.5, 0.6) is 0 Å². The van der Waals surface area contributed by atoms with Gasteiger partial charge in [-0.05, 0) is 72.8 Å². The van der Waals surface area contributed by atoms with Crippen LogP contribution >= 0.6 is 0 Å². The Kier molecular flexibility index (Phi) is 12.4. The van der Waals surface area contributed by atoms with Gasteiger partial charge in [-0.2, -0.15) is 8.42 Å². The summed E-state index contributed by atoms with van der Waals surface area (Å²) in [5.74, 6) is 0. The van der Waals surface area contributed by atoms with Crippen LogP contribution in [0.25, 0.3) is 0 Å². The maximum absolute atomic E-state index is 13.6. The lowest BCUT2D eigenvalue weighted by atomic mass is 10.0. The highest BCUT2D eigenvalue weighted by Gasteiger charge is 2.50. The number of hydrogen-bond acceptors (Lipinski definition) is 6. The van der Waals surface area contributed by atoms with Crippen molar-refractivity contribution in [2.75, 3.05) is 13.2 Å². The number of rotatable bonds is 16. The molecule has 1 N–H and O–H groups in total. The van der Waals surface area contributed by atoms with Crippen molar-refractivity contribution in [3.8, 4) is 0 Å². The van der Waals surface area contributed by atoms with Crippen molar-refractivity contribution in [2.24, 2.45) is 0 Å². The van der Waals surface area contributed by atoms with Crippen molar-refractivity contribution in [3.63, 3.8) is 0 Å². The Balaban J connectivity index is 1.55. The van der Waals surface area contributed by atoms with Crippen LogP contribution in [-0.2, 0) is 28.8 Å². The maximum atomic E-state index is 13.6. The van der Waals surface area contributed by atoms with Gasteiger partial charge < -0.3 is 4.43 Å². The minimum atomic E-state index is -3.92. The van der Waals surface area contributed by atoms with E-state index in [1.54, 1.807) is 36.4 Å². The Morgan fingerprint density at radius 1 is 0.729 bits per heavy atom. The van der Waals surface area contributed by atoms with Gasteiger partial charge in [0.25, 0.3) is 18.4 Å². The Morgan fingerprint density at radius 3 is 1.69 bits per heavy atom. The van der Waals surface area contributed by atoms with Gasteiger partial charge in [-0.15, -0.1) is 0 Å². The number of benzene rings is 4. The Bertz CT molecular complexity index is 1820. The lowest BCUT2D eigenvalue weighted by molar-refractivity contribution is 0.280. The molecule has 48 heavy (non-hydrogen) atoms. The average molecular weight is 706 g/mol. The quantitative estimate of drug-likeness (QED) is 0.0606. The standard InChI is InChI=1S/C38H47NO6S2Si/c1-30-19-23-33(24-20-30)46(40,41)39-37(32(3)14-13-28-44-47(42,43)34-25-21-31(2)22-26-34)27-29-45-48(38(4,5)6,35-15-9-7-10-16-35)36-17-11-8-12-18-36/h7-12,15-26,37,39H,3,13-14,27-29H2,1-2,4-6H3. The average Bonchev–Trinajstić information content (AvgIpc) is 3.05. The molecule has 0 radical (unpaired) electrons. The van der Waals surface area contributed by atoms with E-state index < -0.39 is 34.5 Å². The zero-order valence-corrected chi connectivity index (χ0v) is 31.1. The monoisotopic (exact) mass is 705 g/mol. The molecule has 10 heteroatoms. The van der Waals surface area contributed by atoms with E-state index in [4.69, 9.17) is 8.61 Å². The van der Waals surface area contributed by atoms with Crippen LogP contribution in [0.3, 0.4) is 0 Å². The molecule has 1 atom stereocenters. The van der Waals surface area contributed by atoms with Gasteiger partial charge in [-0.3, -0.25) is 4.18 Å². The third-order valence-electron chi connectivity index (χ3n) is 8.45. The van der Waals surface area contributed by atoms with E-state index in [0.717, 1.165) is 21.5 Å². The normalized spacial score (nSPS) is 13.3. The van der Waals surface area contributed by atoms with Gasteiger partial charge in [0.1, 0.15) is 0 Å². The first kappa shape index (κ1) is 37.4. The van der Waals surface area contributed by atoms with Gasteiger partial charge in [0.15, 0.2) is 0 Å². The Morgan fingerprint density at radius 2 is 1.21 bits per heavy atom. The minimum Gasteiger partial charge on any atom is -0.407 e.